The molecule has 0 saturated heterocycles. The van der Waals surface area contributed by atoms with Gasteiger partial charge in [0.2, 0.25) is 0 Å². The molecule has 0 fully saturated rings. The van der Waals surface area contributed by atoms with Gasteiger partial charge in [0, 0.05) is 5.39 Å². The van der Waals surface area contributed by atoms with Gasteiger partial charge in [0.15, 0.2) is 5.58 Å². The zero-order chi connectivity index (χ0) is 13.0. The van der Waals surface area contributed by atoms with E-state index in [9.17, 15) is 8.42 Å². The van der Waals surface area contributed by atoms with Gasteiger partial charge in [-0.1, -0.05) is 17.3 Å². The minimum absolute atomic E-state index is 0.217. The first-order valence-electron chi connectivity index (χ1n) is 5.74. The molecular weight excluding hydrogens is 254 g/mol. The molecule has 0 aliphatic rings. The lowest BCUT2D eigenvalue weighted by Crippen LogP contribution is -2.04. The van der Waals surface area contributed by atoms with Crippen LogP contribution in [0.4, 0.5) is 0 Å². The van der Waals surface area contributed by atoms with Crippen LogP contribution in [0, 0.1) is 0 Å². The lowest BCUT2D eigenvalue weighted by atomic mass is 10.1. The second kappa shape index (κ2) is 5.49. The summed E-state index contributed by atoms with van der Waals surface area (Å²) >= 11 is 0. The van der Waals surface area contributed by atoms with E-state index in [1.807, 2.05) is 24.3 Å². The standard InChI is InChI=1S/C12H15NO4S/c1-18(14,15)16-9-5-4-7-11-10-6-2-3-8-12(10)17-13-11/h2-3,6,8H,4-5,7,9H2,1H3. The molecule has 6 heteroatoms. The average molecular weight is 269 g/mol. The largest absolute Gasteiger partial charge is 0.356 e. The number of benzene rings is 1. The Labute approximate surface area is 106 Å². The number of rotatable bonds is 6. The molecule has 0 radical (unpaired) electrons. The third-order valence-corrected chi connectivity index (χ3v) is 3.15. The van der Waals surface area contributed by atoms with Crippen molar-refractivity contribution in [1.82, 2.24) is 5.16 Å². The molecule has 0 aliphatic carbocycles. The summed E-state index contributed by atoms with van der Waals surface area (Å²) in [5.74, 6) is 0. The second-order valence-corrected chi connectivity index (χ2v) is 5.75. The molecule has 0 spiro atoms. The Bertz CT molecular complexity index is 618. The molecule has 18 heavy (non-hydrogen) atoms. The van der Waals surface area contributed by atoms with E-state index >= 15 is 0 Å². The number of aryl methyl sites for hydroxylation is 1. The number of unbranched alkanes of at least 4 members (excludes halogenated alkanes) is 1. The molecule has 98 valence electrons. The van der Waals surface area contributed by atoms with E-state index in [1.54, 1.807) is 0 Å². The zero-order valence-corrected chi connectivity index (χ0v) is 10.9. The Hall–Kier alpha value is -1.40. The predicted molar refractivity (Wildman–Crippen MR) is 67.7 cm³/mol. The van der Waals surface area contributed by atoms with Crippen molar-refractivity contribution in [2.45, 2.75) is 19.3 Å². The van der Waals surface area contributed by atoms with Crippen molar-refractivity contribution >= 4 is 21.1 Å². The van der Waals surface area contributed by atoms with Crippen LogP contribution >= 0.6 is 0 Å². The van der Waals surface area contributed by atoms with Crippen LogP contribution in [0.2, 0.25) is 0 Å². The van der Waals surface area contributed by atoms with E-state index in [0.717, 1.165) is 35.8 Å². The maximum Gasteiger partial charge on any atom is 0.264 e. The lowest BCUT2D eigenvalue weighted by Gasteiger charge is -2.00. The number of para-hydroxylation sites is 1. The van der Waals surface area contributed by atoms with E-state index in [-0.39, 0.29) is 6.61 Å². The van der Waals surface area contributed by atoms with Gasteiger partial charge < -0.3 is 4.52 Å². The number of hydrogen-bond donors (Lipinski definition) is 0. The summed E-state index contributed by atoms with van der Waals surface area (Å²) in [6.45, 7) is 0.217. The van der Waals surface area contributed by atoms with Crippen molar-refractivity contribution in [3.05, 3.63) is 30.0 Å². The fourth-order valence-electron chi connectivity index (χ4n) is 1.72. The summed E-state index contributed by atoms with van der Waals surface area (Å²) in [4.78, 5) is 0. The maximum atomic E-state index is 10.7. The number of fused-ring (bicyclic) bond motifs is 1. The van der Waals surface area contributed by atoms with Crippen molar-refractivity contribution in [3.63, 3.8) is 0 Å². The molecule has 5 nitrogen and oxygen atoms in total. The average Bonchev–Trinajstić information content (AvgIpc) is 2.71. The third kappa shape index (κ3) is 3.54. The fourth-order valence-corrected chi connectivity index (χ4v) is 2.14. The molecule has 1 aromatic carbocycles. The molecule has 0 unspecified atom stereocenters. The number of aromatic nitrogens is 1. The van der Waals surface area contributed by atoms with Crippen LogP contribution in [0.25, 0.3) is 11.0 Å². The summed E-state index contributed by atoms with van der Waals surface area (Å²) < 4.78 is 31.3. The summed E-state index contributed by atoms with van der Waals surface area (Å²) in [7, 11) is -3.33. The second-order valence-electron chi connectivity index (χ2n) is 4.11. The Kier molecular flexibility index (Phi) is 3.98. The monoisotopic (exact) mass is 269 g/mol. The van der Waals surface area contributed by atoms with E-state index in [2.05, 4.69) is 9.34 Å². The third-order valence-electron chi connectivity index (χ3n) is 2.56. The van der Waals surface area contributed by atoms with Gasteiger partial charge in [0.25, 0.3) is 10.1 Å². The molecule has 0 saturated carbocycles. The molecule has 0 bridgehead atoms. The van der Waals surface area contributed by atoms with Crippen molar-refractivity contribution < 1.29 is 17.1 Å². The zero-order valence-electron chi connectivity index (χ0n) is 10.1. The number of nitrogens with zero attached hydrogens (tertiary/aromatic N) is 1. The minimum Gasteiger partial charge on any atom is -0.356 e. The minimum atomic E-state index is -3.33. The van der Waals surface area contributed by atoms with Crippen LogP contribution in [0.3, 0.4) is 0 Å². The molecular formula is C12H15NO4S. The molecule has 1 aromatic heterocycles. The van der Waals surface area contributed by atoms with E-state index in [0.29, 0.717) is 6.42 Å². The molecule has 1 heterocycles. The maximum absolute atomic E-state index is 10.7. The quantitative estimate of drug-likeness (QED) is 0.593. The molecule has 0 N–H and O–H groups in total. The number of hydrogen-bond acceptors (Lipinski definition) is 5. The molecule has 0 aliphatic heterocycles. The van der Waals surface area contributed by atoms with Gasteiger partial charge in [-0.05, 0) is 31.4 Å². The van der Waals surface area contributed by atoms with Gasteiger partial charge in [0.05, 0.1) is 18.6 Å². The van der Waals surface area contributed by atoms with Crippen LogP contribution in [0.15, 0.2) is 28.8 Å². The first-order chi connectivity index (χ1) is 8.56. The molecule has 2 aromatic rings. The Balaban J connectivity index is 1.84. The van der Waals surface area contributed by atoms with Gasteiger partial charge in [-0.15, -0.1) is 0 Å². The summed E-state index contributed by atoms with van der Waals surface area (Å²) in [5, 5.41) is 5.02. The van der Waals surface area contributed by atoms with Gasteiger partial charge in [0.1, 0.15) is 0 Å². The topological polar surface area (TPSA) is 69.4 Å². The Morgan fingerprint density at radius 3 is 2.83 bits per heavy atom. The Morgan fingerprint density at radius 1 is 1.28 bits per heavy atom. The fraction of sp³-hybridized carbons (Fsp3) is 0.417. The van der Waals surface area contributed by atoms with Crippen LogP contribution in [0.1, 0.15) is 18.5 Å². The van der Waals surface area contributed by atoms with Crippen molar-refractivity contribution in [1.29, 1.82) is 0 Å². The van der Waals surface area contributed by atoms with E-state index in [1.165, 1.54) is 0 Å². The van der Waals surface area contributed by atoms with Crippen molar-refractivity contribution in [3.8, 4) is 0 Å². The summed E-state index contributed by atoms with van der Waals surface area (Å²) in [6, 6.07) is 7.68. The Morgan fingerprint density at radius 2 is 2.06 bits per heavy atom. The first kappa shape index (κ1) is 13.0. The lowest BCUT2D eigenvalue weighted by molar-refractivity contribution is 0.311. The normalized spacial score (nSPS) is 12.1. The SMILES string of the molecule is CS(=O)(=O)OCCCCc1noc2ccccc12. The van der Waals surface area contributed by atoms with Crippen molar-refractivity contribution in [2.75, 3.05) is 12.9 Å². The summed E-state index contributed by atoms with van der Waals surface area (Å²) in [6.07, 6.45) is 3.29. The highest BCUT2D eigenvalue weighted by atomic mass is 32.2. The smallest absolute Gasteiger partial charge is 0.264 e. The predicted octanol–water partition coefficient (Wildman–Crippen LogP) is 2.13. The first-order valence-corrected chi connectivity index (χ1v) is 7.55. The van der Waals surface area contributed by atoms with Crippen LogP contribution in [-0.4, -0.2) is 26.4 Å². The van der Waals surface area contributed by atoms with Gasteiger partial charge in [-0.3, -0.25) is 4.18 Å². The van der Waals surface area contributed by atoms with Crippen LogP contribution in [-0.2, 0) is 20.7 Å². The van der Waals surface area contributed by atoms with Crippen molar-refractivity contribution in [2.24, 2.45) is 0 Å². The van der Waals surface area contributed by atoms with Crippen LogP contribution < -0.4 is 0 Å². The highest BCUT2D eigenvalue weighted by molar-refractivity contribution is 7.85. The van der Waals surface area contributed by atoms with E-state index < -0.39 is 10.1 Å². The highest BCUT2D eigenvalue weighted by Gasteiger charge is 2.07. The van der Waals surface area contributed by atoms with E-state index in [4.69, 9.17) is 4.52 Å². The highest BCUT2D eigenvalue weighted by Crippen LogP contribution is 2.19. The molecule has 2 rings (SSSR count). The molecule has 0 atom stereocenters. The van der Waals surface area contributed by atoms with Crippen LogP contribution in [0.5, 0.6) is 0 Å². The van der Waals surface area contributed by atoms with Gasteiger partial charge >= 0.3 is 0 Å². The van der Waals surface area contributed by atoms with Gasteiger partial charge in [-0.25, -0.2) is 0 Å². The van der Waals surface area contributed by atoms with Gasteiger partial charge in [-0.2, -0.15) is 8.42 Å². The summed E-state index contributed by atoms with van der Waals surface area (Å²) in [5.41, 5.74) is 1.69. The molecule has 0 amide bonds.